The van der Waals surface area contributed by atoms with Gasteiger partial charge in [-0.15, -0.1) is 5.06 Å². The molecule has 35 heavy (non-hydrogen) atoms. The molecule has 1 aliphatic heterocycles. The molecule has 2 aromatic rings. The van der Waals surface area contributed by atoms with Crippen LogP contribution in [0.25, 0.3) is 0 Å². The Bertz CT molecular complexity index is 988. The number of benzene rings is 2. The van der Waals surface area contributed by atoms with Crippen LogP contribution in [0.15, 0.2) is 59.8 Å². The Morgan fingerprint density at radius 2 is 1.54 bits per heavy atom. The molecule has 8 nitrogen and oxygen atoms in total. The third-order valence-corrected chi connectivity index (χ3v) is 5.50. The van der Waals surface area contributed by atoms with Crippen molar-refractivity contribution >= 4 is 23.5 Å². The number of oxime groups is 1. The summed E-state index contributed by atoms with van der Waals surface area (Å²) >= 11 is 0. The lowest BCUT2D eigenvalue weighted by atomic mass is 10.1. The molecule has 1 aliphatic rings. The molecule has 0 spiro atoms. The first-order valence-electron chi connectivity index (χ1n) is 12.1. The summed E-state index contributed by atoms with van der Waals surface area (Å²) in [6.45, 7) is 3.02. The number of rotatable bonds is 14. The van der Waals surface area contributed by atoms with Crippen molar-refractivity contribution in [2.75, 3.05) is 6.61 Å². The molecule has 0 aliphatic carbocycles. The molecule has 3 rings (SSSR count). The number of carbonyl (C=O) groups is 3. The number of hydrogen-bond donors (Lipinski definition) is 0. The monoisotopic (exact) mass is 480 g/mol. The van der Waals surface area contributed by atoms with Crippen molar-refractivity contribution in [2.45, 2.75) is 64.9 Å². The predicted octanol–water partition coefficient (Wildman–Crippen LogP) is 4.95. The molecule has 0 aromatic heterocycles. The molecule has 0 radical (unpaired) electrons. The molecule has 1 heterocycles. The SMILES string of the molecule is CCCCCCCCOc1ccc(CON=C(C(=O)ON2C(=O)CCC2=O)c2ccccc2)cc1. The second-order valence-corrected chi connectivity index (χ2v) is 8.30. The van der Waals surface area contributed by atoms with Crippen LogP contribution in [0.5, 0.6) is 5.75 Å². The quantitative estimate of drug-likeness (QED) is 0.164. The van der Waals surface area contributed by atoms with Crippen molar-refractivity contribution in [1.29, 1.82) is 0 Å². The zero-order valence-corrected chi connectivity index (χ0v) is 20.1. The average molecular weight is 481 g/mol. The van der Waals surface area contributed by atoms with E-state index in [4.69, 9.17) is 14.4 Å². The molecule has 0 bridgehead atoms. The van der Waals surface area contributed by atoms with Gasteiger partial charge in [0.15, 0.2) is 5.71 Å². The largest absolute Gasteiger partial charge is 0.494 e. The highest BCUT2D eigenvalue weighted by Gasteiger charge is 2.34. The van der Waals surface area contributed by atoms with Gasteiger partial charge in [0, 0.05) is 18.4 Å². The standard InChI is InChI=1S/C27H32N2O6/c1-2-3-4-5-6-10-19-33-23-15-13-21(14-16-23)20-34-28-26(22-11-8-7-9-12-22)27(32)35-29-24(30)17-18-25(29)31/h7-9,11-16H,2-6,10,17-20H2,1H3. The summed E-state index contributed by atoms with van der Waals surface area (Å²) in [7, 11) is 0. The number of hydrogen-bond acceptors (Lipinski definition) is 7. The molecule has 1 saturated heterocycles. The van der Waals surface area contributed by atoms with Gasteiger partial charge in [-0.3, -0.25) is 9.59 Å². The highest BCUT2D eigenvalue weighted by atomic mass is 16.7. The Labute approximate surface area is 205 Å². The Morgan fingerprint density at radius 1 is 0.886 bits per heavy atom. The second kappa shape index (κ2) is 13.9. The number of hydroxylamine groups is 2. The fourth-order valence-electron chi connectivity index (χ4n) is 3.51. The topological polar surface area (TPSA) is 94.5 Å². The van der Waals surface area contributed by atoms with E-state index in [0.717, 1.165) is 17.7 Å². The van der Waals surface area contributed by atoms with E-state index in [1.54, 1.807) is 30.3 Å². The summed E-state index contributed by atoms with van der Waals surface area (Å²) in [6, 6.07) is 16.1. The average Bonchev–Trinajstić information content (AvgIpc) is 3.19. The Kier molecular flexibility index (Phi) is 10.3. The number of imide groups is 1. The van der Waals surface area contributed by atoms with E-state index in [9.17, 15) is 14.4 Å². The summed E-state index contributed by atoms with van der Waals surface area (Å²) in [5.74, 6) is -1.27. The molecule has 0 atom stereocenters. The molecule has 2 amide bonds. The van der Waals surface area contributed by atoms with E-state index in [-0.39, 0.29) is 25.2 Å². The van der Waals surface area contributed by atoms with Gasteiger partial charge in [-0.2, -0.15) is 0 Å². The van der Waals surface area contributed by atoms with Gasteiger partial charge < -0.3 is 14.4 Å². The van der Waals surface area contributed by atoms with Gasteiger partial charge in [-0.05, 0) is 24.1 Å². The third kappa shape index (κ3) is 8.24. The van der Waals surface area contributed by atoms with Crippen LogP contribution in [0.4, 0.5) is 0 Å². The molecule has 1 fully saturated rings. The van der Waals surface area contributed by atoms with Gasteiger partial charge in [0.1, 0.15) is 12.4 Å². The minimum Gasteiger partial charge on any atom is -0.494 e. The van der Waals surface area contributed by atoms with Crippen LogP contribution in [0.3, 0.4) is 0 Å². The number of nitrogens with zero attached hydrogens (tertiary/aromatic N) is 2. The van der Waals surface area contributed by atoms with Gasteiger partial charge in [0.05, 0.1) is 6.61 Å². The van der Waals surface area contributed by atoms with Crippen LogP contribution in [-0.4, -0.2) is 35.2 Å². The van der Waals surface area contributed by atoms with Gasteiger partial charge >= 0.3 is 5.97 Å². The fourth-order valence-corrected chi connectivity index (χ4v) is 3.51. The summed E-state index contributed by atoms with van der Waals surface area (Å²) in [4.78, 5) is 46.7. The molecule has 186 valence electrons. The van der Waals surface area contributed by atoms with Gasteiger partial charge in [-0.1, -0.05) is 86.6 Å². The first-order chi connectivity index (χ1) is 17.1. The summed E-state index contributed by atoms with van der Waals surface area (Å²) in [5.41, 5.74) is 1.14. The van der Waals surface area contributed by atoms with Crippen molar-refractivity contribution in [3.63, 3.8) is 0 Å². The van der Waals surface area contributed by atoms with Crippen LogP contribution >= 0.6 is 0 Å². The summed E-state index contributed by atoms with van der Waals surface area (Å²) in [6.07, 6.45) is 7.31. The van der Waals surface area contributed by atoms with E-state index in [0.29, 0.717) is 17.2 Å². The van der Waals surface area contributed by atoms with Gasteiger partial charge in [0.25, 0.3) is 11.8 Å². The molecule has 0 unspecified atom stereocenters. The Morgan fingerprint density at radius 3 is 2.23 bits per heavy atom. The molecule has 2 aromatic carbocycles. The van der Waals surface area contributed by atoms with Gasteiger partial charge in [0.2, 0.25) is 0 Å². The molecule has 0 N–H and O–H groups in total. The lowest BCUT2D eigenvalue weighted by molar-refractivity contribution is -0.192. The second-order valence-electron chi connectivity index (χ2n) is 8.30. The number of ether oxygens (including phenoxy) is 1. The lowest BCUT2D eigenvalue weighted by Crippen LogP contribution is -2.35. The number of carbonyl (C=O) groups excluding carboxylic acids is 3. The maximum absolute atomic E-state index is 12.7. The lowest BCUT2D eigenvalue weighted by Gasteiger charge is -2.13. The summed E-state index contributed by atoms with van der Waals surface area (Å²) < 4.78 is 5.79. The van der Waals surface area contributed by atoms with Crippen LogP contribution in [0.1, 0.15) is 69.4 Å². The Balaban J connectivity index is 1.53. The minimum absolute atomic E-state index is 0.0130. The normalized spacial score (nSPS) is 13.7. The van der Waals surface area contributed by atoms with E-state index < -0.39 is 17.8 Å². The van der Waals surface area contributed by atoms with Crippen molar-refractivity contribution in [3.8, 4) is 5.75 Å². The molecular formula is C27H32N2O6. The highest BCUT2D eigenvalue weighted by Crippen LogP contribution is 2.16. The number of unbranched alkanes of at least 4 members (excludes halogenated alkanes) is 5. The van der Waals surface area contributed by atoms with Crippen molar-refractivity contribution in [2.24, 2.45) is 5.16 Å². The molecular weight excluding hydrogens is 448 g/mol. The van der Waals surface area contributed by atoms with E-state index in [1.165, 1.54) is 32.1 Å². The molecule has 8 heteroatoms. The van der Waals surface area contributed by atoms with Crippen LogP contribution in [0.2, 0.25) is 0 Å². The van der Waals surface area contributed by atoms with E-state index in [1.807, 2.05) is 24.3 Å². The van der Waals surface area contributed by atoms with E-state index in [2.05, 4.69) is 12.1 Å². The van der Waals surface area contributed by atoms with Crippen molar-refractivity contribution in [1.82, 2.24) is 5.06 Å². The third-order valence-electron chi connectivity index (χ3n) is 5.50. The van der Waals surface area contributed by atoms with Crippen molar-refractivity contribution < 1.29 is 28.8 Å². The van der Waals surface area contributed by atoms with Gasteiger partial charge in [-0.25, -0.2) is 4.79 Å². The smallest absolute Gasteiger partial charge is 0.386 e. The van der Waals surface area contributed by atoms with Crippen LogP contribution < -0.4 is 4.74 Å². The maximum atomic E-state index is 12.7. The maximum Gasteiger partial charge on any atom is 0.386 e. The zero-order chi connectivity index (χ0) is 24.9. The van der Waals surface area contributed by atoms with Crippen LogP contribution in [0, 0.1) is 0 Å². The number of amides is 2. The first kappa shape index (κ1) is 25.9. The highest BCUT2D eigenvalue weighted by molar-refractivity contribution is 6.43. The molecule has 0 saturated carbocycles. The minimum atomic E-state index is -0.946. The Hall–Kier alpha value is -3.68. The summed E-state index contributed by atoms with van der Waals surface area (Å²) in [5, 5.41) is 4.45. The van der Waals surface area contributed by atoms with Crippen LogP contribution in [-0.2, 0) is 30.7 Å². The fraction of sp³-hybridized carbons (Fsp3) is 0.407. The van der Waals surface area contributed by atoms with E-state index >= 15 is 0 Å². The first-order valence-corrected chi connectivity index (χ1v) is 12.1. The zero-order valence-electron chi connectivity index (χ0n) is 20.1. The predicted molar refractivity (Wildman–Crippen MR) is 130 cm³/mol. The van der Waals surface area contributed by atoms with Crippen molar-refractivity contribution in [3.05, 3.63) is 65.7 Å².